The summed E-state index contributed by atoms with van der Waals surface area (Å²) in [6, 6.07) is 11.6. The lowest BCUT2D eigenvalue weighted by Crippen LogP contribution is -2.10. The molecule has 106 valence electrons. The Kier molecular flexibility index (Phi) is 5.09. The van der Waals surface area contributed by atoms with E-state index < -0.39 is 0 Å². The normalized spacial score (nSPS) is 12.2. The maximum atomic E-state index is 5.93. The maximum Gasteiger partial charge on any atom is 0.145 e. The van der Waals surface area contributed by atoms with Gasteiger partial charge in [0.1, 0.15) is 11.5 Å². The number of aromatic nitrogens is 1. The molecule has 0 unspecified atom stereocenters. The number of benzene rings is 1. The van der Waals surface area contributed by atoms with Gasteiger partial charge < -0.3 is 15.2 Å². The predicted molar refractivity (Wildman–Crippen MR) is 78.7 cm³/mol. The highest BCUT2D eigenvalue weighted by molar-refractivity contribution is 5.33. The standard InChI is InChI=1S/C16H20N2O2/c1-3-15(17)16-8-7-14(10-18-16)20-13-6-4-5-12(9-13)11-19-2/h4-10,15H,3,11,17H2,1-2H3/t15-/m0/s1. The van der Waals surface area contributed by atoms with E-state index in [9.17, 15) is 0 Å². The summed E-state index contributed by atoms with van der Waals surface area (Å²) in [5, 5.41) is 0. The van der Waals surface area contributed by atoms with Gasteiger partial charge in [0.15, 0.2) is 0 Å². The van der Waals surface area contributed by atoms with Crippen molar-refractivity contribution >= 4 is 0 Å². The van der Waals surface area contributed by atoms with E-state index in [2.05, 4.69) is 4.98 Å². The smallest absolute Gasteiger partial charge is 0.145 e. The van der Waals surface area contributed by atoms with Crippen LogP contribution in [0.5, 0.6) is 11.5 Å². The van der Waals surface area contributed by atoms with Crippen LogP contribution in [-0.4, -0.2) is 12.1 Å². The average molecular weight is 272 g/mol. The molecule has 1 aromatic carbocycles. The van der Waals surface area contributed by atoms with E-state index in [1.165, 1.54) is 0 Å². The summed E-state index contributed by atoms with van der Waals surface area (Å²) in [5.41, 5.74) is 7.89. The minimum atomic E-state index is -0.0194. The van der Waals surface area contributed by atoms with Gasteiger partial charge in [-0.05, 0) is 36.2 Å². The van der Waals surface area contributed by atoms with E-state index in [1.54, 1.807) is 13.3 Å². The lowest BCUT2D eigenvalue weighted by atomic mass is 10.1. The Morgan fingerprint density at radius 1 is 1.20 bits per heavy atom. The van der Waals surface area contributed by atoms with E-state index in [-0.39, 0.29) is 6.04 Å². The molecular weight excluding hydrogens is 252 g/mol. The van der Waals surface area contributed by atoms with Crippen LogP contribution in [0.15, 0.2) is 42.6 Å². The molecule has 0 aliphatic rings. The number of ether oxygens (including phenoxy) is 2. The monoisotopic (exact) mass is 272 g/mol. The second kappa shape index (κ2) is 7.03. The van der Waals surface area contributed by atoms with Gasteiger partial charge in [-0.15, -0.1) is 0 Å². The van der Waals surface area contributed by atoms with Crippen LogP contribution in [-0.2, 0) is 11.3 Å². The molecule has 4 heteroatoms. The van der Waals surface area contributed by atoms with Gasteiger partial charge in [-0.25, -0.2) is 0 Å². The van der Waals surface area contributed by atoms with Crippen molar-refractivity contribution in [3.8, 4) is 11.5 Å². The van der Waals surface area contributed by atoms with Crippen molar-refractivity contribution in [2.45, 2.75) is 26.0 Å². The summed E-state index contributed by atoms with van der Waals surface area (Å²) < 4.78 is 10.9. The second-order valence-electron chi connectivity index (χ2n) is 4.62. The van der Waals surface area contributed by atoms with Gasteiger partial charge in [0.2, 0.25) is 0 Å². The van der Waals surface area contributed by atoms with Crippen LogP contribution in [0.2, 0.25) is 0 Å². The van der Waals surface area contributed by atoms with Gasteiger partial charge in [0.05, 0.1) is 18.5 Å². The van der Waals surface area contributed by atoms with Crippen LogP contribution in [0.1, 0.15) is 30.6 Å². The fourth-order valence-electron chi connectivity index (χ4n) is 1.88. The second-order valence-corrected chi connectivity index (χ2v) is 4.62. The molecule has 0 radical (unpaired) electrons. The first-order valence-electron chi connectivity index (χ1n) is 6.70. The Balaban J connectivity index is 2.08. The first-order chi connectivity index (χ1) is 9.72. The van der Waals surface area contributed by atoms with Gasteiger partial charge in [-0.2, -0.15) is 0 Å². The summed E-state index contributed by atoms with van der Waals surface area (Å²) >= 11 is 0. The molecule has 2 rings (SSSR count). The molecule has 20 heavy (non-hydrogen) atoms. The van der Waals surface area contributed by atoms with Crippen LogP contribution >= 0.6 is 0 Å². The quantitative estimate of drug-likeness (QED) is 0.875. The largest absolute Gasteiger partial charge is 0.456 e. The molecule has 2 N–H and O–H groups in total. The lowest BCUT2D eigenvalue weighted by molar-refractivity contribution is 0.184. The zero-order valence-electron chi connectivity index (χ0n) is 11.9. The summed E-state index contributed by atoms with van der Waals surface area (Å²) in [6.07, 6.45) is 2.57. The zero-order chi connectivity index (χ0) is 14.4. The van der Waals surface area contributed by atoms with Crippen LogP contribution in [0.25, 0.3) is 0 Å². The Morgan fingerprint density at radius 2 is 2.05 bits per heavy atom. The number of pyridine rings is 1. The van der Waals surface area contributed by atoms with Gasteiger partial charge >= 0.3 is 0 Å². The minimum absolute atomic E-state index is 0.0194. The van der Waals surface area contributed by atoms with Crippen LogP contribution in [0.4, 0.5) is 0 Å². The third kappa shape index (κ3) is 3.79. The molecule has 0 spiro atoms. The summed E-state index contributed by atoms with van der Waals surface area (Å²) in [6.45, 7) is 2.61. The highest BCUT2D eigenvalue weighted by atomic mass is 16.5. The number of hydrogen-bond acceptors (Lipinski definition) is 4. The molecular formula is C16H20N2O2. The van der Waals surface area contributed by atoms with Crippen LogP contribution < -0.4 is 10.5 Å². The molecule has 2 aromatic rings. The van der Waals surface area contributed by atoms with E-state index in [0.717, 1.165) is 23.4 Å². The third-order valence-corrected chi connectivity index (χ3v) is 3.02. The highest BCUT2D eigenvalue weighted by Gasteiger charge is 2.05. The molecule has 0 saturated heterocycles. The van der Waals surface area contributed by atoms with E-state index in [1.807, 2.05) is 43.3 Å². The van der Waals surface area contributed by atoms with Crippen molar-refractivity contribution in [2.75, 3.05) is 7.11 Å². The topological polar surface area (TPSA) is 57.4 Å². The summed E-state index contributed by atoms with van der Waals surface area (Å²) in [4.78, 5) is 4.33. The molecule has 0 amide bonds. The van der Waals surface area contributed by atoms with E-state index in [4.69, 9.17) is 15.2 Å². The number of hydrogen-bond donors (Lipinski definition) is 1. The first-order valence-corrected chi connectivity index (χ1v) is 6.70. The molecule has 1 heterocycles. The molecule has 4 nitrogen and oxygen atoms in total. The third-order valence-electron chi connectivity index (χ3n) is 3.02. The summed E-state index contributed by atoms with van der Waals surface area (Å²) in [7, 11) is 1.67. The zero-order valence-corrected chi connectivity index (χ0v) is 11.9. The predicted octanol–water partition coefficient (Wildman–Crippen LogP) is 3.43. The molecule has 0 bridgehead atoms. The van der Waals surface area contributed by atoms with Crippen molar-refractivity contribution in [3.63, 3.8) is 0 Å². The molecule has 1 aromatic heterocycles. The Labute approximate surface area is 119 Å². The van der Waals surface area contributed by atoms with Gasteiger partial charge in [-0.1, -0.05) is 19.1 Å². The van der Waals surface area contributed by atoms with E-state index in [0.29, 0.717) is 12.4 Å². The number of methoxy groups -OCH3 is 1. The van der Waals surface area contributed by atoms with Crippen molar-refractivity contribution in [1.29, 1.82) is 0 Å². The van der Waals surface area contributed by atoms with Crippen LogP contribution in [0, 0.1) is 0 Å². The number of nitrogens with two attached hydrogens (primary N) is 1. The lowest BCUT2D eigenvalue weighted by Gasteiger charge is -2.10. The fourth-order valence-corrected chi connectivity index (χ4v) is 1.88. The van der Waals surface area contributed by atoms with Crippen molar-refractivity contribution in [3.05, 3.63) is 53.9 Å². The molecule has 0 saturated carbocycles. The molecule has 0 aliphatic carbocycles. The van der Waals surface area contributed by atoms with Gasteiger partial charge in [0.25, 0.3) is 0 Å². The van der Waals surface area contributed by atoms with Gasteiger partial charge in [-0.3, -0.25) is 4.98 Å². The summed E-state index contributed by atoms with van der Waals surface area (Å²) in [5.74, 6) is 1.47. The van der Waals surface area contributed by atoms with Crippen molar-refractivity contribution < 1.29 is 9.47 Å². The maximum absolute atomic E-state index is 5.93. The average Bonchev–Trinajstić information content (AvgIpc) is 2.48. The van der Waals surface area contributed by atoms with Gasteiger partial charge in [0, 0.05) is 13.2 Å². The minimum Gasteiger partial charge on any atom is -0.456 e. The Bertz CT molecular complexity index is 540. The fraction of sp³-hybridized carbons (Fsp3) is 0.312. The Morgan fingerprint density at radius 3 is 2.70 bits per heavy atom. The van der Waals surface area contributed by atoms with Crippen molar-refractivity contribution in [1.82, 2.24) is 4.98 Å². The van der Waals surface area contributed by atoms with Crippen LogP contribution in [0.3, 0.4) is 0 Å². The van der Waals surface area contributed by atoms with Crippen molar-refractivity contribution in [2.24, 2.45) is 5.73 Å². The Hall–Kier alpha value is -1.91. The highest BCUT2D eigenvalue weighted by Crippen LogP contribution is 2.23. The number of rotatable bonds is 6. The molecule has 0 fully saturated rings. The molecule has 1 atom stereocenters. The first kappa shape index (κ1) is 14.5. The van der Waals surface area contributed by atoms with E-state index >= 15 is 0 Å². The molecule has 0 aliphatic heterocycles. The number of nitrogens with zero attached hydrogens (tertiary/aromatic N) is 1. The SMILES string of the molecule is CC[C@H](N)c1ccc(Oc2cccc(COC)c2)cn1.